The molecule has 0 N–H and O–H groups in total. The second-order valence-electron chi connectivity index (χ2n) is 4.17. The van der Waals surface area contributed by atoms with Crippen molar-refractivity contribution in [2.24, 2.45) is 4.99 Å². The van der Waals surface area contributed by atoms with Gasteiger partial charge < -0.3 is 0 Å². The first-order valence-electron chi connectivity index (χ1n) is 5.57. The molecule has 0 radical (unpaired) electrons. The SMILES string of the molecule is C=C/C=C(\N=C(C)Br)c1c(C)cc(C)cc1C. The fourth-order valence-electron chi connectivity index (χ4n) is 2.04. The molecule has 0 unspecified atom stereocenters. The van der Waals surface area contributed by atoms with Gasteiger partial charge in [-0.15, -0.1) is 0 Å². The van der Waals surface area contributed by atoms with Crippen molar-refractivity contribution < 1.29 is 0 Å². The predicted molar refractivity (Wildman–Crippen MR) is 80.9 cm³/mol. The molecule has 17 heavy (non-hydrogen) atoms. The number of rotatable bonds is 3. The van der Waals surface area contributed by atoms with Gasteiger partial charge in [-0.2, -0.15) is 0 Å². The van der Waals surface area contributed by atoms with Gasteiger partial charge >= 0.3 is 0 Å². The number of hydrogen-bond acceptors (Lipinski definition) is 1. The Hall–Kier alpha value is -1.15. The summed E-state index contributed by atoms with van der Waals surface area (Å²) in [5, 5.41) is 0. The summed E-state index contributed by atoms with van der Waals surface area (Å²) in [6.45, 7) is 12.0. The third-order valence-electron chi connectivity index (χ3n) is 2.48. The first kappa shape index (κ1) is 13.9. The Bertz CT molecular complexity index is 469. The molecule has 0 aliphatic rings. The van der Waals surface area contributed by atoms with Crippen LogP contribution in [0.25, 0.3) is 5.70 Å². The van der Waals surface area contributed by atoms with Crippen LogP contribution in [-0.4, -0.2) is 4.62 Å². The lowest BCUT2D eigenvalue weighted by Crippen LogP contribution is -1.94. The van der Waals surface area contributed by atoms with Crippen LogP contribution in [-0.2, 0) is 0 Å². The van der Waals surface area contributed by atoms with E-state index in [-0.39, 0.29) is 0 Å². The van der Waals surface area contributed by atoms with Crippen molar-refractivity contribution in [2.45, 2.75) is 27.7 Å². The zero-order chi connectivity index (χ0) is 13.0. The van der Waals surface area contributed by atoms with E-state index in [1.165, 1.54) is 22.3 Å². The lowest BCUT2D eigenvalue weighted by atomic mass is 9.97. The molecule has 1 nitrogen and oxygen atoms in total. The van der Waals surface area contributed by atoms with E-state index in [1.807, 2.05) is 13.0 Å². The van der Waals surface area contributed by atoms with Gasteiger partial charge in [0.15, 0.2) is 0 Å². The van der Waals surface area contributed by atoms with E-state index < -0.39 is 0 Å². The molecule has 90 valence electrons. The summed E-state index contributed by atoms with van der Waals surface area (Å²) >= 11 is 3.38. The molecule has 0 heterocycles. The summed E-state index contributed by atoms with van der Waals surface area (Å²) in [7, 11) is 0. The first-order valence-corrected chi connectivity index (χ1v) is 6.36. The summed E-state index contributed by atoms with van der Waals surface area (Å²) < 4.78 is 0.866. The standard InChI is InChI=1S/C15H18BrN/c1-6-7-14(17-13(5)16)15-11(3)8-10(2)9-12(15)4/h6-9H,1H2,2-5H3/b14-7-,17-13?. The maximum Gasteiger partial charge on any atom is 0.0805 e. The van der Waals surface area contributed by atoms with Gasteiger partial charge in [0, 0.05) is 5.56 Å². The molecule has 0 spiro atoms. The average Bonchev–Trinajstić information content (AvgIpc) is 2.14. The minimum absolute atomic E-state index is 0.866. The highest BCUT2D eigenvalue weighted by atomic mass is 79.9. The zero-order valence-corrected chi connectivity index (χ0v) is 12.4. The highest BCUT2D eigenvalue weighted by Gasteiger charge is 2.08. The number of aryl methyl sites for hydroxylation is 3. The second-order valence-corrected chi connectivity index (χ2v) is 5.32. The fourth-order valence-corrected chi connectivity index (χ4v) is 2.23. The van der Waals surface area contributed by atoms with Crippen LogP contribution in [0.5, 0.6) is 0 Å². The van der Waals surface area contributed by atoms with E-state index in [1.54, 1.807) is 6.08 Å². The molecular weight excluding hydrogens is 274 g/mol. The molecule has 0 bridgehead atoms. The maximum atomic E-state index is 4.51. The third kappa shape index (κ3) is 3.67. The van der Waals surface area contributed by atoms with E-state index in [4.69, 9.17) is 0 Å². The Morgan fingerprint density at radius 3 is 2.18 bits per heavy atom. The predicted octanol–water partition coefficient (Wildman–Crippen LogP) is 4.95. The third-order valence-corrected chi connectivity index (χ3v) is 2.66. The van der Waals surface area contributed by atoms with Crippen LogP contribution < -0.4 is 0 Å². The van der Waals surface area contributed by atoms with E-state index in [2.05, 4.69) is 60.4 Å². The Labute approximate surface area is 112 Å². The largest absolute Gasteiger partial charge is 0.246 e. The van der Waals surface area contributed by atoms with Gasteiger partial charge in [0.2, 0.25) is 0 Å². The summed E-state index contributed by atoms with van der Waals surface area (Å²) in [5.41, 5.74) is 5.90. The number of hydrogen-bond donors (Lipinski definition) is 0. The lowest BCUT2D eigenvalue weighted by Gasteiger charge is -2.11. The molecular formula is C15H18BrN. The van der Waals surface area contributed by atoms with Crippen molar-refractivity contribution in [3.63, 3.8) is 0 Å². The fraction of sp³-hybridized carbons (Fsp3) is 0.267. The monoisotopic (exact) mass is 291 g/mol. The molecule has 0 amide bonds. The summed E-state index contributed by atoms with van der Waals surface area (Å²) in [5.74, 6) is 0. The minimum Gasteiger partial charge on any atom is -0.246 e. The van der Waals surface area contributed by atoms with Gasteiger partial charge in [0.05, 0.1) is 10.3 Å². The number of halogens is 1. The normalized spacial score (nSPS) is 12.8. The zero-order valence-electron chi connectivity index (χ0n) is 10.8. The molecule has 2 heteroatoms. The van der Waals surface area contributed by atoms with Gasteiger partial charge in [-0.1, -0.05) is 30.4 Å². The van der Waals surface area contributed by atoms with Gasteiger partial charge in [0.25, 0.3) is 0 Å². The highest BCUT2D eigenvalue weighted by molar-refractivity contribution is 9.18. The molecule has 0 saturated carbocycles. The van der Waals surface area contributed by atoms with Crippen LogP contribution in [0.2, 0.25) is 0 Å². The summed E-state index contributed by atoms with van der Waals surface area (Å²) in [6, 6.07) is 4.36. The second kappa shape index (κ2) is 5.97. The van der Waals surface area contributed by atoms with Gasteiger partial charge in [-0.25, -0.2) is 4.99 Å². The molecule has 1 aromatic carbocycles. The van der Waals surface area contributed by atoms with Crippen molar-refractivity contribution in [1.29, 1.82) is 0 Å². The highest BCUT2D eigenvalue weighted by Crippen LogP contribution is 2.26. The van der Waals surface area contributed by atoms with Crippen LogP contribution >= 0.6 is 15.9 Å². The van der Waals surface area contributed by atoms with Crippen LogP contribution in [0.3, 0.4) is 0 Å². The topological polar surface area (TPSA) is 12.4 Å². The Kier molecular flexibility index (Phi) is 4.88. The number of nitrogens with zero attached hydrogens (tertiary/aromatic N) is 1. The van der Waals surface area contributed by atoms with Crippen molar-refractivity contribution in [2.75, 3.05) is 0 Å². The molecule has 0 atom stereocenters. The minimum atomic E-state index is 0.866. The van der Waals surface area contributed by atoms with Gasteiger partial charge in [0.1, 0.15) is 0 Å². The van der Waals surface area contributed by atoms with Gasteiger partial charge in [-0.05, 0) is 60.8 Å². The Morgan fingerprint density at radius 2 is 1.76 bits per heavy atom. The van der Waals surface area contributed by atoms with Crippen molar-refractivity contribution in [1.82, 2.24) is 0 Å². The average molecular weight is 292 g/mol. The molecule has 0 aromatic heterocycles. The van der Waals surface area contributed by atoms with Crippen LogP contribution in [0.15, 0.2) is 35.9 Å². The van der Waals surface area contributed by atoms with E-state index in [9.17, 15) is 0 Å². The molecule has 1 aromatic rings. The van der Waals surface area contributed by atoms with Gasteiger partial charge in [-0.3, -0.25) is 0 Å². The van der Waals surface area contributed by atoms with Crippen molar-refractivity contribution in [3.05, 3.63) is 53.1 Å². The molecule has 1 rings (SSSR count). The quantitative estimate of drug-likeness (QED) is 0.552. The smallest absolute Gasteiger partial charge is 0.0805 e. The number of aliphatic imine (C=N–C) groups is 1. The Morgan fingerprint density at radius 1 is 1.24 bits per heavy atom. The molecule has 0 aliphatic heterocycles. The number of allylic oxidation sites excluding steroid dienone is 2. The number of benzene rings is 1. The molecule has 0 aliphatic carbocycles. The van der Waals surface area contributed by atoms with E-state index in [0.717, 1.165) is 10.3 Å². The van der Waals surface area contributed by atoms with Crippen LogP contribution in [0.1, 0.15) is 29.2 Å². The molecule has 0 saturated heterocycles. The maximum absolute atomic E-state index is 4.51. The Balaban J connectivity index is 3.44. The van der Waals surface area contributed by atoms with Crippen molar-refractivity contribution in [3.8, 4) is 0 Å². The van der Waals surface area contributed by atoms with Crippen LogP contribution in [0.4, 0.5) is 0 Å². The lowest BCUT2D eigenvalue weighted by molar-refractivity contribution is 1.27. The van der Waals surface area contributed by atoms with E-state index >= 15 is 0 Å². The van der Waals surface area contributed by atoms with E-state index in [0.29, 0.717) is 0 Å². The molecule has 0 fully saturated rings. The van der Waals surface area contributed by atoms with Crippen molar-refractivity contribution >= 4 is 26.2 Å². The summed E-state index contributed by atoms with van der Waals surface area (Å²) in [4.78, 5) is 4.51. The summed E-state index contributed by atoms with van der Waals surface area (Å²) in [6.07, 6.45) is 3.71. The first-order chi connectivity index (χ1) is 7.95. The van der Waals surface area contributed by atoms with Crippen LogP contribution in [0, 0.1) is 20.8 Å².